The van der Waals surface area contributed by atoms with Crippen LogP contribution in [-0.4, -0.2) is 40.7 Å². The van der Waals surface area contributed by atoms with Crippen LogP contribution in [0.25, 0.3) is 0 Å². The minimum Gasteiger partial charge on any atom is -0.476 e. The fourth-order valence-electron chi connectivity index (χ4n) is 1.84. The molecule has 2 heterocycles. The lowest BCUT2D eigenvalue weighted by Crippen LogP contribution is -2.24. The number of nitrogens with zero attached hydrogens (tertiary/aromatic N) is 3. The standard InChI is InChI=1S/C10H14N4O2/c11-3-7-1-2-14(6-7)9-5-12-4-8(13-9)10(15)16/h4-5,7H,1-3,6,11H2,(H,15,16). The van der Waals surface area contributed by atoms with Crippen LogP contribution in [0.1, 0.15) is 16.9 Å². The molecule has 1 atom stereocenters. The molecule has 0 aromatic carbocycles. The first-order valence-corrected chi connectivity index (χ1v) is 5.21. The van der Waals surface area contributed by atoms with Crippen molar-refractivity contribution in [2.24, 2.45) is 11.7 Å². The molecule has 0 aliphatic carbocycles. The smallest absolute Gasteiger partial charge is 0.356 e. The van der Waals surface area contributed by atoms with E-state index < -0.39 is 5.97 Å². The molecule has 6 nitrogen and oxygen atoms in total. The molecule has 1 aliphatic rings. The normalized spacial score (nSPS) is 20.1. The minimum absolute atomic E-state index is 0.0197. The van der Waals surface area contributed by atoms with Crippen LogP contribution in [0.15, 0.2) is 12.4 Å². The summed E-state index contributed by atoms with van der Waals surface area (Å²) in [6.45, 7) is 2.34. The number of carboxylic acids is 1. The van der Waals surface area contributed by atoms with Crippen LogP contribution in [0, 0.1) is 5.92 Å². The van der Waals surface area contributed by atoms with Crippen molar-refractivity contribution in [1.82, 2.24) is 9.97 Å². The highest BCUT2D eigenvalue weighted by Crippen LogP contribution is 2.20. The van der Waals surface area contributed by atoms with Crippen LogP contribution in [0.3, 0.4) is 0 Å². The molecule has 86 valence electrons. The Morgan fingerprint density at radius 3 is 3.06 bits per heavy atom. The number of carboxylic acid groups (broad SMARTS) is 1. The first kappa shape index (κ1) is 10.8. The van der Waals surface area contributed by atoms with Gasteiger partial charge in [0.05, 0.1) is 12.4 Å². The minimum atomic E-state index is -1.05. The maximum atomic E-state index is 10.7. The van der Waals surface area contributed by atoms with E-state index in [1.807, 2.05) is 4.90 Å². The predicted molar refractivity (Wildman–Crippen MR) is 58.4 cm³/mol. The Balaban J connectivity index is 2.15. The van der Waals surface area contributed by atoms with Crippen molar-refractivity contribution in [3.63, 3.8) is 0 Å². The van der Waals surface area contributed by atoms with Gasteiger partial charge in [0, 0.05) is 13.1 Å². The third-order valence-electron chi connectivity index (χ3n) is 2.78. The van der Waals surface area contributed by atoms with Crippen LogP contribution in [0.2, 0.25) is 0 Å². The van der Waals surface area contributed by atoms with E-state index in [0.29, 0.717) is 18.3 Å². The van der Waals surface area contributed by atoms with Gasteiger partial charge in [0.1, 0.15) is 5.82 Å². The van der Waals surface area contributed by atoms with E-state index in [0.717, 1.165) is 19.5 Å². The Morgan fingerprint density at radius 1 is 1.62 bits per heavy atom. The van der Waals surface area contributed by atoms with Gasteiger partial charge in [0.15, 0.2) is 5.69 Å². The lowest BCUT2D eigenvalue weighted by molar-refractivity contribution is 0.0690. The number of hydrogen-bond acceptors (Lipinski definition) is 5. The van der Waals surface area contributed by atoms with Crippen LogP contribution in [0.5, 0.6) is 0 Å². The van der Waals surface area contributed by atoms with Gasteiger partial charge in [-0.15, -0.1) is 0 Å². The molecule has 1 aromatic heterocycles. The van der Waals surface area contributed by atoms with E-state index in [2.05, 4.69) is 9.97 Å². The molecule has 1 fully saturated rings. The molecular weight excluding hydrogens is 208 g/mol. The van der Waals surface area contributed by atoms with Gasteiger partial charge in [-0.05, 0) is 18.9 Å². The quantitative estimate of drug-likeness (QED) is 0.745. The van der Waals surface area contributed by atoms with Gasteiger partial charge in [0.2, 0.25) is 0 Å². The molecule has 0 saturated carbocycles. The zero-order valence-corrected chi connectivity index (χ0v) is 8.83. The van der Waals surface area contributed by atoms with E-state index in [1.165, 1.54) is 6.20 Å². The summed E-state index contributed by atoms with van der Waals surface area (Å²) in [5.74, 6) is 0.0371. The van der Waals surface area contributed by atoms with Gasteiger partial charge in [-0.1, -0.05) is 0 Å². The monoisotopic (exact) mass is 222 g/mol. The molecule has 0 bridgehead atoms. The van der Waals surface area contributed by atoms with Crippen LogP contribution in [-0.2, 0) is 0 Å². The van der Waals surface area contributed by atoms with E-state index in [1.54, 1.807) is 6.20 Å². The van der Waals surface area contributed by atoms with Gasteiger partial charge >= 0.3 is 5.97 Å². The molecule has 16 heavy (non-hydrogen) atoms. The zero-order chi connectivity index (χ0) is 11.5. The third-order valence-corrected chi connectivity index (χ3v) is 2.78. The molecule has 6 heteroatoms. The molecule has 0 spiro atoms. The number of aromatic nitrogens is 2. The lowest BCUT2D eigenvalue weighted by atomic mass is 10.1. The molecule has 3 N–H and O–H groups in total. The van der Waals surface area contributed by atoms with Crippen molar-refractivity contribution in [2.75, 3.05) is 24.5 Å². The van der Waals surface area contributed by atoms with Crippen LogP contribution < -0.4 is 10.6 Å². The highest BCUT2D eigenvalue weighted by Gasteiger charge is 2.23. The van der Waals surface area contributed by atoms with Crippen LogP contribution >= 0.6 is 0 Å². The Hall–Kier alpha value is -1.69. The van der Waals surface area contributed by atoms with E-state index in [9.17, 15) is 4.79 Å². The van der Waals surface area contributed by atoms with Crippen molar-refractivity contribution in [3.8, 4) is 0 Å². The van der Waals surface area contributed by atoms with Crippen LogP contribution in [0.4, 0.5) is 5.82 Å². The molecule has 1 saturated heterocycles. The maximum absolute atomic E-state index is 10.7. The summed E-state index contributed by atoms with van der Waals surface area (Å²) >= 11 is 0. The number of aromatic carboxylic acids is 1. The van der Waals surface area contributed by atoms with Crippen molar-refractivity contribution in [3.05, 3.63) is 18.1 Å². The second kappa shape index (κ2) is 4.44. The largest absolute Gasteiger partial charge is 0.476 e. The van der Waals surface area contributed by atoms with Gasteiger partial charge in [-0.2, -0.15) is 0 Å². The average Bonchev–Trinajstić information content (AvgIpc) is 2.77. The summed E-state index contributed by atoms with van der Waals surface area (Å²) < 4.78 is 0. The zero-order valence-electron chi connectivity index (χ0n) is 8.83. The molecular formula is C10H14N4O2. The van der Waals surface area contributed by atoms with Crippen molar-refractivity contribution >= 4 is 11.8 Å². The molecule has 1 unspecified atom stereocenters. The second-order valence-corrected chi connectivity index (χ2v) is 3.90. The number of nitrogens with two attached hydrogens (primary N) is 1. The average molecular weight is 222 g/mol. The number of hydrogen-bond donors (Lipinski definition) is 2. The van der Waals surface area contributed by atoms with Crippen molar-refractivity contribution in [1.29, 1.82) is 0 Å². The van der Waals surface area contributed by atoms with E-state index >= 15 is 0 Å². The Kier molecular flexibility index (Phi) is 3.00. The molecule has 1 aliphatic heterocycles. The maximum Gasteiger partial charge on any atom is 0.356 e. The number of carbonyl (C=O) groups is 1. The summed E-state index contributed by atoms with van der Waals surface area (Å²) in [4.78, 5) is 20.7. The molecule has 0 radical (unpaired) electrons. The summed E-state index contributed by atoms with van der Waals surface area (Å²) in [6.07, 6.45) is 3.86. The highest BCUT2D eigenvalue weighted by molar-refractivity contribution is 5.85. The summed E-state index contributed by atoms with van der Waals surface area (Å²) in [7, 11) is 0. The highest BCUT2D eigenvalue weighted by atomic mass is 16.4. The Bertz CT molecular complexity index is 396. The van der Waals surface area contributed by atoms with Gasteiger partial charge in [-0.3, -0.25) is 4.98 Å². The fraction of sp³-hybridized carbons (Fsp3) is 0.500. The Labute approximate surface area is 93.1 Å². The molecule has 0 amide bonds. The van der Waals surface area contributed by atoms with Gasteiger partial charge in [-0.25, -0.2) is 9.78 Å². The summed E-state index contributed by atoms with van der Waals surface area (Å²) in [5, 5.41) is 8.81. The SMILES string of the molecule is NCC1CCN(c2cncc(C(=O)O)n2)C1. The molecule has 1 aromatic rings. The van der Waals surface area contributed by atoms with Crippen molar-refractivity contribution in [2.45, 2.75) is 6.42 Å². The number of rotatable bonds is 3. The lowest BCUT2D eigenvalue weighted by Gasteiger charge is -2.16. The Morgan fingerprint density at radius 2 is 2.44 bits per heavy atom. The second-order valence-electron chi connectivity index (χ2n) is 3.90. The van der Waals surface area contributed by atoms with E-state index in [4.69, 9.17) is 10.8 Å². The fourth-order valence-corrected chi connectivity index (χ4v) is 1.84. The van der Waals surface area contributed by atoms with Crippen molar-refractivity contribution < 1.29 is 9.90 Å². The summed E-state index contributed by atoms with van der Waals surface area (Å²) in [5.41, 5.74) is 5.58. The van der Waals surface area contributed by atoms with Gasteiger partial charge < -0.3 is 15.7 Å². The first-order valence-electron chi connectivity index (χ1n) is 5.21. The predicted octanol–water partition coefficient (Wildman–Crippen LogP) is -0.0402. The third kappa shape index (κ3) is 2.11. The molecule has 2 rings (SSSR count). The van der Waals surface area contributed by atoms with E-state index in [-0.39, 0.29) is 5.69 Å². The first-order chi connectivity index (χ1) is 7.70. The van der Waals surface area contributed by atoms with Gasteiger partial charge in [0.25, 0.3) is 0 Å². The summed E-state index contributed by atoms with van der Waals surface area (Å²) in [6, 6.07) is 0. The topological polar surface area (TPSA) is 92.3 Å². The number of anilines is 1.